The second kappa shape index (κ2) is 9.07. The van der Waals surface area contributed by atoms with Crippen LogP contribution in [0.1, 0.15) is 29.8 Å². The molecule has 0 aliphatic rings. The predicted molar refractivity (Wildman–Crippen MR) is 105 cm³/mol. The summed E-state index contributed by atoms with van der Waals surface area (Å²) < 4.78 is 10.4. The topological polar surface area (TPSA) is 76.7 Å². The predicted octanol–water partition coefficient (Wildman–Crippen LogP) is 3.41. The number of amides is 2. The van der Waals surface area contributed by atoms with Gasteiger partial charge in [-0.15, -0.1) is 0 Å². The summed E-state index contributed by atoms with van der Waals surface area (Å²) in [6.45, 7) is 5.69. The lowest BCUT2D eigenvalue weighted by Crippen LogP contribution is -2.47. The third kappa shape index (κ3) is 5.23. The second-order valence-electron chi connectivity index (χ2n) is 6.62. The molecule has 6 nitrogen and oxygen atoms in total. The van der Waals surface area contributed by atoms with Crippen molar-refractivity contribution in [3.63, 3.8) is 0 Å². The van der Waals surface area contributed by atoms with Crippen molar-refractivity contribution >= 4 is 17.5 Å². The highest BCUT2D eigenvalue weighted by Gasteiger charge is 2.25. The largest absolute Gasteiger partial charge is 0.497 e. The van der Waals surface area contributed by atoms with E-state index < -0.39 is 6.04 Å². The molecule has 2 amide bonds. The number of carbonyl (C=O) groups is 2. The summed E-state index contributed by atoms with van der Waals surface area (Å²) in [6.07, 6.45) is 0. The molecule has 0 saturated carbocycles. The smallest absolute Gasteiger partial charge is 0.251 e. The zero-order valence-corrected chi connectivity index (χ0v) is 16.3. The van der Waals surface area contributed by atoms with E-state index in [9.17, 15) is 9.59 Å². The zero-order valence-electron chi connectivity index (χ0n) is 16.3. The average molecular weight is 370 g/mol. The van der Waals surface area contributed by atoms with E-state index in [1.165, 1.54) is 0 Å². The van der Waals surface area contributed by atoms with Crippen molar-refractivity contribution < 1.29 is 19.1 Å². The van der Waals surface area contributed by atoms with E-state index in [1.54, 1.807) is 44.6 Å². The van der Waals surface area contributed by atoms with E-state index in [4.69, 9.17) is 9.47 Å². The van der Waals surface area contributed by atoms with Crippen LogP contribution in [0.15, 0.2) is 42.5 Å². The number of benzene rings is 2. The van der Waals surface area contributed by atoms with Crippen LogP contribution < -0.4 is 20.1 Å². The minimum Gasteiger partial charge on any atom is -0.497 e. The van der Waals surface area contributed by atoms with Crippen molar-refractivity contribution in [2.24, 2.45) is 5.92 Å². The highest BCUT2D eigenvalue weighted by molar-refractivity contribution is 6.01. The third-order valence-electron chi connectivity index (χ3n) is 4.20. The summed E-state index contributed by atoms with van der Waals surface area (Å²) in [4.78, 5) is 25.3. The first kappa shape index (κ1) is 20.3. The van der Waals surface area contributed by atoms with Crippen LogP contribution in [-0.2, 0) is 4.79 Å². The van der Waals surface area contributed by atoms with E-state index in [1.807, 2.05) is 32.9 Å². The molecule has 2 rings (SSSR count). The van der Waals surface area contributed by atoms with Crippen molar-refractivity contribution in [3.8, 4) is 11.5 Å². The number of ether oxygens (including phenoxy) is 2. The molecule has 1 atom stereocenters. The molecule has 2 aromatic carbocycles. The van der Waals surface area contributed by atoms with Gasteiger partial charge in [-0.2, -0.15) is 0 Å². The van der Waals surface area contributed by atoms with Crippen LogP contribution in [0.3, 0.4) is 0 Å². The minimum atomic E-state index is -0.690. The number of anilines is 1. The first-order valence-electron chi connectivity index (χ1n) is 8.76. The first-order chi connectivity index (χ1) is 12.8. The Morgan fingerprint density at radius 2 is 1.63 bits per heavy atom. The Morgan fingerprint density at radius 1 is 0.963 bits per heavy atom. The fourth-order valence-corrected chi connectivity index (χ4v) is 2.63. The van der Waals surface area contributed by atoms with Gasteiger partial charge in [-0.3, -0.25) is 9.59 Å². The lowest BCUT2D eigenvalue weighted by atomic mass is 10.0. The fourth-order valence-electron chi connectivity index (χ4n) is 2.63. The van der Waals surface area contributed by atoms with E-state index in [0.29, 0.717) is 22.7 Å². The highest BCUT2D eigenvalue weighted by Crippen LogP contribution is 2.25. The quantitative estimate of drug-likeness (QED) is 0.783. The Hall–Kier alpha value is -3.02. The van der Waals surface area contributed by atoms with Crippen molar-refractivity contribution in [1.29, 1.82) is 0 Å². The lowest BCUT2D eigenvalue weighted by molar-refractivity contribution is -0.118. The lowest BCUT2D eigenvalue weighted by Gasteiger charge is -2.22. The number of carbonyl (C=O) groups excluding carboxylic acids is 2. The standard InChI is InChI=1S/C21H26N2O4/c1-13(2)19(23-20(24)15-7-9-16(26-4)10-8-15)21(25)22-17-12-14(3)6-11-18(17)27-5/h6-13,19H,1-5H3,(H,22,25)(H,23,24)/t19-/m0/s1. The van der Waals surface area contributed by atoms with E-state index in [-0.39, 0.29) is 17.7 Å². The van der Waals surface area contributed by atoms with Crippen LogP contribution in [0.5, 0.6) is 11.5 Å². The van der Waals surface area contributed by atoms with E-state index in [2.05, 4.69) is 10.6 Å². The molecule has 6 heteroatoms. The van der Waals surface area contributed by atoms with Crippen molar-refractivity contribution in [3.05, 3.63) is 53.6 Å². The van der Waals surface area contributed by atoms with Gasteiger partial charge in [0.1, 0.15) is 17.5 Å². The fraction of sp³-hybridized carbons (Fsp3) is 0.333. The van der Waals surface area contributed by atoms with Crippen LogP contribution >= 0.6 is 0 Å². The number of hydrogen-bond acceptors (Lipinski definition) is 4. The Balaban J connectivity index is 2.15. The molecule has 27 heavy (non-hydrogen) atoms. The molecule has 0 unspecified atom stereocenters. The molecule has 144 valence electrons. The van der Waals surface area contributed by atoms with Crippen molar-refractivity contribution in [2.45, 2.75) is 26.8 Å². The van der Waals surface area contributed by atoms with E-state index in [0.717, 1.165) is 5.56 Å². The summed E-state index contributed by atoms with van der Waals surface area (Å²) in [6, 6.07) is 11.6. The summed E-state index contributed by atoms with van der Waals surface area (Å²) in [5.74, 6) is 0.524. The van der Waals surface area contributed by atoms with Crippen LogP contribution in [0, 0.1) is 12.8 Å². The maximum Gasteiger partial charge on any atom is 0.251 e. The Bertz CT molecular complexity index is 800. The van der Waals surface area contributed by atoms with Crippen molar-refractivity contribution in [2.75, 3.05) is 19.5 Å². The number of aryl methyl sites for hydroxylation is 1. The van der Waals surface area contributed by atoms with Crippen LogP contribution in [0.2, 0.25) is 0 Å². The SMILES string of the molecule is COc1ccc(C(=O)N[C@H](C(=O)Nc2cc(C)ccc2OC)C(C)C)cc1. The summed E-state index contributed by atoms with van der Waals surface area (Å²) >= 11 is 0. The molecular formula is C21H26N2O4. The maximum absolute atomic E-state index is 12.8. The van der Waals surface area contributed by atoms with Crippen LogP contribution in [-0.4, -0.2) is 32.1 Å². The zero-order chi connectivity index (χ0) is 20.0. The van der Waals surface area contributed by atoms with Gasteiger partial charge < -0.3 is 20.1 Å². The van der Waals surface area contributed by atoms with Gasteiger partial charge in [0.15, 0.2) is 0 Å². The van der Waals surface area contributed by atoms with Crippen molar-refractivity contribution in [1.82, 2.24) is 5.32 Å². The maximum atomic E-state index is 12.8. The van der Waals surface area contributed by atoms with Gasteiger partial charge >= 0.3 is 0 Å². The molecule has 0 spiro atoms. The summed E-state index contributed by atoms with van der Waals surface area (Å²) in [5.41, 5.74) is 2.03. The number of rotatable bonds is 7. The normalized spacial score (nSPS) is 11.6. The highest BCUT2D eigenvalue weighted by atomic mass is 16.5. The first-order valence-corrected chi connectivity index (χ1v) is 8.76. The third-order valence-corrected chi connectivity index (χ3v) is 4.20. The van der Waals surface area contributed by atoms with Crippen LogP contribution in [0.4, 0.5) is 5.69 Å². The van der Waals surface area contributed by atoms with Gasteiger partial charge in [0.2, 0.25) is 5.91 Å². The van der Waals surface area contributed by atoms with Gasteiger partial charge in [-0.05, 0) is 54.8 Å². The Morgan fingerprint density at radius 3 is 2.19 bits per heavy atom. The molecule has 0 aromatic heterocycles. The molecule has 2 N–H and O–H groups in total. The molecule has 0 aliphatic heterocycles. The minimum absolute atomic E-state index is 0.0944. The molecule has 0 bridgehead atoms. The molecule has 2 aromatic rings. The van der Waals surface area contributed by atoms with Gasteiger partial charge in [0.05, 0.1) is 19.9 Å². The molecule has 0 aliphatic carbocycles. The Kier molecular flexibility index (Phi) is 6.82. The molecule has 0 fully saturated rings. The molecular weight excluding hydrogens is 344 g/mol. The van der Waals surface area contributed by atoms with Gasteiger partial charge in [0.25, 0.3) is 5.91 Å². The number of methoxy groups -OCH3 is 2. The second-order valence-corrected chi connectivity index (χ2v) is 6.62. The molecule has 0 radical (unpaired) electrons. The average Bonchev–Trinajstić information content (AvgIpc) is 2.65. The van der Waals surface area contributed by atoms with Gasteiger partial charge in [0, 0.05) is 5.56 Å². The van der Waals surface area contributed by atoms with E-state index >= 15 is 0 Å². The Labute approximate surface area is 159 Å². The summed E-state index contributed by atoms with van der Waals surface area (Å²) in [7, 11) is 3.11. The number of nitrogens with one attached hydrogen (secondary N) is 2. The molecule has 0 saturated heterocycles. The van der Waals surface area contributed by atoms with Crippen LogP contribution in [0.25, 0.3) is 0 Å². The molecule has 0 heterocycles. The monoisotopic (exact) mass is 370 g/mol. The summed E-state index contributed by atoms with van der Waals surface area (Å²) in [5, 5.41) is 5.67. The van der Waals surface area contributed by atoms with Gasteiger partial charge in [-0.25, -0.2) is 0 Å². The number of hydrogen-bond donors (Lipinski definition) is 2. The van der Waals surface area contributed by atoms with Gasteiger partial charge in [-0.1, -0.05) is 19.9 Å².